The fourth-order valence-electron chi connectivity index (χ4n) is 7.92. The largest absolute Gasteiger partial charge is 0.465 e. The van der Waals surface area contributed by atoms with Crippen LogP contribution in [0.3, 0.4) is 0 Å². The number of aromatic amines is 1. The van der Waals surface area contributed by atoms with Crippen LogP contribution >= 0.6 is 0 Å². The van der Waals surface area contributed by atoms with Crippen molar-refractivity contribution in [3.8, 4) is 0 Å². The molecule has 4 heterocycles. The Balaban J connectivity index is 1.33. The molecule has 0 aliphatic carbocycles. The lowest BCUT2D eigenvalue weighted by Gasteiger charge is -2.49. The number of hydrogen-bond donors (Lipinski definition) is 4. The van der Waals surface area contributed by atoms with E-state index in [4.69, 9.17) is 9.72 Å². The Morgan fingerprint density at radius 1 is 1.04 bits per heavy atom. The van der Waals surface area contributed by atoms with Gasteiger partial charge in [0.25, 0.3) is 0 Å². The van der Waals surface area contributed by atoms with Crippen molar-refractivity contribution in [2.45, 2.75) is 64.1 Å². The average molecular weight is 637 g/mol. The second-order valence-corrected chi connectivity index (χ2v) is 14.1. The van der Waals surface area contributed by atoms with Crippen LogP contribution in [0.4, 0.5) is 16.2 Å². The van der Waals surface area contributed by atoms with E-state index in [0.29, 0.717) is 32.0 Å². The quantitative estimate of drug-likeness (QED) is 0.207. The molecule has 4 aromatic rings. The Bertz CT molecular complexity index is 1760. The van der Waals surface area contributed by atoms with E-state index in [9.17, 15) is 14.7 Å². The third kappa shape index (κ3) is 6.19. The van der Waals surface area contributed by atoms with Crippen molar-refractivity contribution >= 4 is 34.4 Å². The molecule has 2 fully saturated rings. The van der Waals surface area contributed by atoms with Crippen molar-refractivity contribution < 1.29 is 19.4 Å². The molecule has 4 unspecified atom stereocenters. The maximum absolute atomic E-state index is 14.2. The van der Waals surface area contributed by atoms with Gasteiger partial charge in [0.05, 0.1) is 36.3 Å². The third-order valence-corrected chi connectivity index (χ3v) is 9.93. The van der Waals surface area contributed by atoms with E-state index in [0.717, 1.165) is 59.5 Å². The number of ether oxygens (including phenoxy) is 1. The summed E-state index contributed by atoms with van der Waals surface area (Å²) in [7, 11) is 0. The molecule has 0 radical (unpaired) electrons. The number of nitrogens with zero attached hydrogens (tertiary/aromatic N) is 3. The van der Waals surface area contributed by atoms with Gasteiger partial charge in [0.15, 0.2) is 0 Å². The number of fused-ring (bicyclic) bond motifs is 2. The first-order valence-corrected chi connectivity index (χ1v) is 16.7. The predicted molar refractivity (Wildman–Crippen MR) is 183 cm³/mol. The van der Waals surface area contributed by atoms with E-state index in [1.165, 1.54) is 5.56 Å². The van der Waals surface area contributed by atoms with Crippen LogP contribution in [-0.2, 0) is 16.0 Å². The number of imidazole rings is 1. The number of amides is 2. The molecule has 0 saturated carbocycles. The minimum atomic E-state index is -0.909. The highest BCUT2D eigenvalue weighted by Gasteiger charge is 2.46. The van der Waals surface area contributed by atoms with Crippen LogP contribution in [0.15, 0.2) is 66.7 Å². The lowest BCUT2D eigenvalue weighted by atomic mass is 9.76. The summed E-state index contributed by atoms with van der Waals surface area (Å²) >= 11 is 0. The first kappa shape index (κ1) is 31.2. The number of carbonyl (C=O) groups excluding carboxylic acids is 1. The van der Waals surface area contributed by atoms with Gasteiger partial charge in [0, 0.05) is 37.1 Å². The van der Waals surface area contributed by atoms with Crippen molar-refractivity contribution in [1.29, 1.82) is 0 Å². The number of aromatic nitrogens is 2. The Morgan fingerprint density at radius 3 is 2.57 bits per heavy atom. The summed E-state index contributed by atoms with van der Waals surface area (Å²) in [6.45, 7) is 9.82. The number of carbonyl (C=O) groups is 2. The Morgan fingerprint density at radius 2 is 1.83 bits per heavy atom. The minimum Gasteiger partial charge on any atom is -0.465 e. The number of morpholine rings is 1. The van der Waals surface area contributed by atoms with E-state index in [-0.39, 0.29) is 23.4 Å². The van der Waals surface area contributed by atoms with Crippen LogP contribution in [0.5, 0.6) is 0 Å². The molecular weight excluding hydrogens is 592 g/mol. The zero-order valence-corrected chi connectivity index (χ0v) is 27.3. The number of hydrogen-bond acceptors (Lipinski definition) is 6. The Kier molecular flexibility index (Phi) is 8.40. The van der Waals surface area contributed by atoms with Crippen molar-refractivity contribution in [2.75, 3.05) is 43.1 Å². The number of anilines is 2. The summed E-state index contributed by atoms with van der Waals surface area (Å²) in [4.78, 5) is 39.1. The molecule has 246 valence electrons. The fourth-order valence-corrected chi connectivity index (χ4v) is 7.92. The van der Waals surface area contributed by atoms with Crippen LogP contribution < -0.4 is 15.5 Å². The molecule has 1 aromatic heterocycles. The molecule has 3 aliphatic heterocycles. The summed E-state index contributed by atoms with van der Waals surface area (Å²) in [5.41, 5.74) is 6.52. The second-order valence-electron chi connectivity index (χ2n) is 14.1. The van der Waals surface area contributed by atoms with Crippen LogP contribution in [-0.4, -0.2) is 76.9 Å². The van der Waals surface area contributed by atoms with Gasteiger partial charge >= 0.3 is 6.09 Å². The van der Waals surface area contributed by atoms with Crippen LogP contribution in [0.25, 0.3) is 11.0 Å². The topological polar surface area (TPSA) is 123 Å². The molecule has 10 nitrogen and oxygen atoms in total. The van der Waals surface area contributed by atoms with Gasteiger partial charge < -0.3 is 35.3 Å². The minimum absolute atomic E-state index is 0.141. The monoisotopic (exact) mass is 636 g/mol. The molecule has 3 aromatic carbocycles. The Hall–Kier alpha value is -4.41. The van der Waals surface area contributed by atoms with E-state index >= 15 is 0 Å². The van der Waals surface area contributed by atoms with Crippen LogP contribution in [0.1, 0.15) is 68.1 Å². The molecular formula is C37H44N6O4. The van der Waals surface area contributed by atoms with E-state index in [1.54, 1.807) is 4.90 Å². The average Bonchev–Trinajstić information content (AvgIpc) is 3.48. The molecule has 0 spiro atoms. The molecule has 4 N–H and O–H groups in total. The SMILES string of the molecule is CC(C)(C)C1C(NC2c3c(Cc4ccccc4)cccc3NC(=O)C2c2nc3cc(N4CCOCC4)ccc3[nH]2)CCCN1C(=O)O. The molecule has 7 rings (SSSR count). The zero-order chi connectivity index (χ0) is 32.7. The fraction of sp³-hybridized carbons (Fsp3) is 0.432. The first-order chi connectivity index (χ1) is 22.7. The van der Waals surface area contributed by atoms with Gasteiger partial charge in [0.1, 0.15) is 11.7 Å². The van der Waals surface area contributed by atoms with E-state index in [2.05, 4.69) is 71.6 Å². The number of nitrogens with one attached hydrogen (secondary N) is 3. The first-order valence-electron chi connectivity index (χ1n) is 16.7. The lowest BCUT2D eigenvalue weighted by Crippen LogP contribution is -2.62. The van der Waals surface area contributed by atoms with Gasteiger partial charge in [0.2, 0.25) is 5.91 Å². The second kappa shape index (κ2) is 12.7. The van der Waals surface area contributed by atoms with Gasteiger partial charge in [-0.15, -0.1) is 0 Å². The lowest BCUT2D eigenvalue weighted by molar-refractivity contribution is -0.119. The molecule has 0 bridgehead atoms. The Labute approximate surface area is 275 Å². The van der Waals surface area contributed by atoms with E-state index in [1.807, 2.05) is 36.4 Å². The summed E-state index contributed by atoms with van der Waals surface area (Å²) < 4.78 is 5.55. The number of carboxylic acid groups (broad SMARTS) is 1. The number of piperidine rings is 1. The maximum Gasteiger partial charge on any atom is 0.407 e. The van der Waals surface area contributed by atoms with Gasteiger partial charge in [-0.1, -0.05) is 63.2 Å². The summed E-state index contributed by atoms with van der Waals surface area (Å²) in [6, 6.07) is 21.7. The molecule has 2 amide bonds. The number of benzene rings is 3. The van der Waals surface area contributed by atoms with Crippen molar-refractivity contribution in [2.24, 2.45) is 5.41 Å². The molecule has 10 heteroatoms. The third-order valence-electron chi connectivity index (χ3n) is 9.93. The zero-order valence-electron chi connectivity index (χ0n) is 27.3. The normalized spacial score (nSPS) is 23.4. The molecule has 47 heavy (non-hydrogen) atoms. The smallest absolute Gasteiger partial charge is 0.407 e. The number of rotatable bonds is 6. The van der Waals surface area contributed by atoms with Crippen LogP contribution in [0, 0.1) is 5.41 Å². The van der Waals surface area contributed by atoms with Crippen molar-refractivity contribution in [3.63, 3.8) is 0 Å². The predicted octanol–water partition coefficient (Wildman–Crippen LogP) is 5.91. The highest BCUT2D eigenvalue weighted by atomic mass is 16.5. The molecule has 4 atom stereocenters. The van der Waals surface area contributed by atoms with E-state index < -0.39 is 18.1 Å². The van der Waals surface area contributed by atoms with Crippen molar-refractivity contribution in [1.82, 2.24) is 20.2 Å². The molecule has 3 aliphatic rings. The summed E-state index contributed by atoms with van der Waals surface area (Å²) in [6.07, 6.45) is 1.33. The molecule has 2 saturated heterocycles. The maximum atomic E-state index is 14.2. The van der Waals surface area contributed by atoms with Gasteiger partial charge in [-0.2, -0.15) is 0 Å². The highest BCUT2D eigenvalue weighted by molar-refractivity contribution is 6.00. The van der Waals surface area contributed by atoms with Gasteiger partial charge in [-0.05, 0) is 65.6 Å². The highest BCUT2D eigenvalue weighted by Crippen LogP contribution is 2.44. The van der Waals surface area contributed by atoms with Crippen LogP contribution in [0.2, 0.25) is 0 Å². The summed E-state index contributed by atoms with van der Waals surface area (Å²) in [5, 5.41) is 17.4. The standard InChI is InChI=1S/C37H44N6O4/c1-37(2,3)33-28(13-8-16-43(33)36(45)46)38-32-30-24(21-23-9-5-4-6-10-23)11-7-12-27(30)41-35(44)31(32)34-39-26-15-14-25(22-29(26)40-34)42-17-19-47-20-18-42/h4-7,9-12,14-15,22,28,31-33,38H,8,13,16-21H2,1-3H3,(H,39,40)(H,41,44)(H,45,46). The van der Waals surface area contributed by atoms with Gasteiger partial charge in [-0.3, -0.25) is 4.79 Å². The number of H-pyrrole nitrogens is 1. The summed E-state index contributed by atoms with van der Waals surface area (Å²) in [5.74, 6) is -0.218. The van der Waals surface area contributed by atoms with Gasteiger partial charge in [-0.25, -0.2) is 9.78 Å². The number of likely N-dealkylation sites (tertiary alicyclic amines) is 1. The van der Waals surface area contributed by atoms with Crippen molar-refractivity contribution in [3.05, 3.63) is 89.2 Å².